The zero-order valence-corrected chi connectivity index (χ0v) is 10.3. The normalized spacial score (nSPS) is 11.4. The molecule has 4 nitrogen and oxygen atoms in total. The van der Waals surface area contributed by atoms with Gasteiger partial charge < -0.3 is 10.8 Å². The number of hydrogen-bond donors (Lipinski definition) is 2. The van der Waals surface area contributed by atoms with Gasteiger partial charge in [-0.05, 0) is 18.2 Å². The molecule has 0 saturated heterocycles. The SMILES string of the molecule is Nc1cc(F)c(-c2ccc(C(F)(F)F)nc2)c(C(=O)O)c1. The van der Waals surface area contributed by atoms with E-state index in [9.17, 15) is 22.4 Å². The van der Waals surface area contributed by atoms with Crippen molar-refractivity contribution in [2.45, 2.75) is 6.18 Å². The third-order valence-electron chi connectivity index (χ3n) is 2.69. The summed E-state index contributed by atoms with van der Waals surface area (Å²) in [6, 6.07) is 3.52. The summed E-state index contributed by atoms with van der Waals surface area (Å²) in [4.78, 5) is 14.3. The number of halogens is 4. The summed E-state index contributed by atoms with van der Waals surface area (Å²) in [5.41, 5.74) is 3.20. The van der Waals surface area contributed by atoms with Crippen LogP contribution in [0, 0.1) is 5.82 Å². The molecule has 1 heterocycles. The number of pyridine rings is 1. The van der Waals surface area contributed by atoms with Crippen LogP contribution >= 0.6 is 0 Å². The lowest BCUT2D eigenvalue weighted by Gasteiger charge is -2.10. The number of alkyl halides is 3. The second kappa shape index (κ2) is 5.04. The van der Waals surface area contributed by atoms with Crippen molar-refractivity contribution in [1.29, 1.82) is 0 Å². The van der Waals surface area contributed by atoms with Crippen molar-refractivity contribution >= 4 is 11.7 Å². The van der Waals surface area contributed by atoms with Crippen LogP contribution in [-0.2, 0) is 6.18 Å². The van der Waals surface area contributed by atoms with Gasteiger partial charge in [-0.25, -0.2) is 9.18 Å². The Bertz CT molecular complexity index is 697. The van der Waals surface area contributed by atoms with Crippen LogP contribution in [0.4, 0.5) is 23.2 Å². The maximum Gasteiger partial charge on any atom is 0.433 e. The molecular formula is C13H8F4N2O2. The molecule has 0 aliphatic rings. The highest BCUT2D eigenvalue weighted by Gasteiger charge is 2.32. The zero-order chi connectivity index (χ0) is 15.8. The van der Waals surface area contributed by atoms with E-state index in [0.717, 1.165) is 24.4 Å². The predicted octanol–water partition coefficient (Wildman–Crippen LogP) is 3.19. The molecule has 0 amide bonds. The number of nitrogens with zero attached hydrogens (tertiary/aromatic N) is 1. The van der Waals surface area contributed by atoms with Crippen LogP contribution < -0.4 is 5.73 Å². The van der Waals surface area contributed by atoms with Gasteiger partial charge in [-0.1, -0.05) is 6.07 Å². The maximum atomic E-state index is 13.9. The lowest BCUT2D eigenvalue weighted by Crippen LogP contribution is -2.08. The third kappa shape index (κ3) is 2.93. The molecule has 0 bridgehead atoms. The minimum atomic E-state index is -4.63. The number of benzene rings is 1. The molecule has 21 heavy (non-hydrogen) atoms. The van der Waals surface area contributed by atoms with Gasteiger partial charge in [-0.15, -0.1) is 0 Å². The first-order valence-corrected chi connectivity index (χ1v) is 5.56. The number of hydrogen-bond acceptors (Lipinski definition) is 3. The van der Waals surface area contributed by atoms with Gasteiger partial charge in [0.05, 0.1) is 5.56 Å². The number of carboxylic acids is 1. The lowest BCUT2D eigenvalue weighted by atomic mass is 9.99. The Morgan fingerprint density at radius 2 is 1.90 bits per heavy atom. The fourth-order valence-electron chi connectivity index (χ4n) is 1.80. The maximum absolute atomic E-state index is 13.9. The quantitative estimate of drug-likeness (QED) is 0.659. The molecule has 110 valence electrons. The molecule has 0 unspecified atom stereocenters. The third-order valence-corrected chi connectivity index (χ3v) is 2.69. The highest BCUT2D eigenvalue weighted by Crippen LogP contribution is 2.32. The van der Waals surface area contributed by atoms with Crippen molar-refractivity contribution in [3.05, 3.63) is 47.5 Å². The van der Waals surface area contributed by atoms with Gasteiger partial charge in [0, 0.05) is 23.0 Å². The largest absolute Gasteiger partial charge is 0.478 e. The van der Waals surface area contributed by atoms with E-state index in [-0.39, 0.29) is 16.8 Å². The molecule has 3 N–H and O–H groups in total. The number of anilines is 1. The lowest BCUT2D eigenvalue weighted by molar-refractivity contribution is -0.141. The van der Waals surface area contributed by atoms with Gasteiger partial charge in [0.15, 0.2) is 0 Å². The van der Waals surface area contributed by atoms with Crippen LogP contribution in [0.3, 0.4) is 0 Å². The number of nitrogens with two attached hydrogens (primary N) is 1. The first kappa shape index (κ1) is 14.8. The Morgan fingerprint density at radius 1 is 1.24 bits per heavy atom. The Hall–Kier alpha value is -2.64. The molecule has 0 spiro atoms. The first-order chi connectivity index (χ1) is 9.70. The van der Waals surface area contributed by atoms with E-state index in [1.165, 1.54) is 0 Å². The summed E-state index contributed by atoms with van der Waals surface area (Å²) >= 11 is 0. The molecule has 8 heteroatoms. The Balaban J connectivity index is 2.59. The van der Waals surface area contributed by atoms with Gasteiger partial charge >= 0.3 is 12.1 Å². The molecule has 0 aliphatic heterocycles. The Kier molecular flexibility index (Phi) is 3.54. The number of aromatic nitrogens is 1. The summed E-state index contributed by atoms with van der Waals surface area (Å²) in [7, 11) is 0. The first-order valence-electron chi connectivity index (χ1n) is 5.56. The molecule has 2 rings (SSSR count). The van der Waals surface area contributed by atoms with E-state index in [1.54, 1.807) is 0 Å². The Labute approximate surface area is 115 Å². The average molecular weight is 300 g/mol. The summed E-state index contributed by atoms with van der Waals surface area (Å²) in [6.45, 7) is 0. The topological polar surface area (TPSA) is 76.2 Å². The van der Waals surface area contributed by atoms with Crippen LogP contribution in [-0.4, -0.2) is 16.1 Å². The summed E-state index contributed by atoms with van der Waals surface area (Å²) in [5.74, 6) is -2.40. The van der Waals surface area contributed by atoms with Crippen LogP contribution in [0.25, 0.3) is 11.1 Å². The van der Waals surface area contributed by atoms with Crippen molar-refractivity contribution in [3.8, 4) is 11.1 Å². The molecule has 2 aromatic rings. The smallest absolute Gasteiger partial charge is 0.433 e. The van der Waals surface area contributed by atoms with Crippen molar-refractivity contribution in [3.63, 3.8) is 0 Å². The molecule has 0 fully saturated rings. The van der Waals surface area contributed by atoms with Crippen LogP contribution in [0.5, 0.6) is 0 Å². The number of aromatic carboxylic acids is 1. The fourth-order valence-corrected chi connectivity index (χ4v) is 1.80. The number of carboxylic acid groups (broad SMARTS) is 1. The number of carbonyl (C=O) groups is 1. The zero-order valence-electron chi connectivity index (χ0n) is 10.3. The van der Waals surface area contributed by atoms with E-state index in [0.29, 0.717) is 6.07 Å². The molecule has 1 aromatic carbocycles. The van der Waals surface area contributed by atoms with Gasteiger partial charge in [-0.3, -0.25) is 4.98 Å². The molecule has 0 atom stereocenters. The van der Waals surface area contributed by atoms with Crippen molar-refractivity contribution in [2.75, 3.05) is 5.73 Å². The Morgan fingerprint density at radius 3 is 2.38 bits per heavy atom. The summed E-state index contributed by atoms with van der Waals surface area (Å²) < 4.78 is 51.1. The van der Waals surface area contributed by atoms with Crippen LogP contribution in [0.15, 0.2) is 30.5 Å². The highest BCUT2D eigenvalue weighted by atomic mass is 19.4. The van der Waals surface area contributed by atoms with E-state index in [1.807, 2.05) is 0 Å². The van der Waals surface area contributed by atoms with Gasteiger partial charge in [0.2, 0.25) is 0 Å². The van der Waals surface area contributed by atoms with E-state index < -0.39 is 29.2 Å². The average Bonchev–Trinajstić information content (AvgIpc) is 2.37. The number of nitrogen functional groups attached to an aromatic ring is 1. The molecule has 0 radical (unpaired) electrons. The summed E-state index contributed by atoms with van der Waals surface area (Å²) in [6.07, 6.45) is -3.86. The van der Waals surface area contributed by atoms with Crippen molar-refractivity contribution in [2.24, 2.45) is 0 Å². The fraction of sp³-hybridized carbons (Fsp3) is 0.0769. The predicted molar refractivity (Wildman–Crippen MR) is 66.0 cm³/mol. The van der Waals surface area contributed by atoms with E-state index >= 15 is 0 Å². The second-order valence-corrected chi connectivity index (χ2v) is 4.16. The minimum absolute atomic E-state index is 0.0853. The van der Waals surface area contributed by atoms with Crippen LogP contribution in [0.2, 0.25) is 0 Å². The molecule has 0 aliphatic carbocycles. The van der Waals surface area contributed by atoms with Crippen LogP contribution in [0.1, 0.15) is 16.1 Å². The summed E-state index contributed by atoms with van der Waals surface area (Å²) in [5, 5.41) is 9.04. The van der Waals surface area contributed by atoms with E-state index in [2.05, 4.69) is 4.98 Å². The second-order valence-electron chi connectivity index (χ2n) is 4.16. The van der Waals surface area contributed by atoms with E-state index in [4.69, 9.17) is 10.8 Å². The molecular weight excluding hydrogens is 292 g/mol. The molecule has 1 aromatic heterocycles. The monoisotopic (exact) mass is 300 g/mol. The highest BCUT2D eigenvalue weighted by molar-refractivity contribution is 5.97. The van der Waals surface area contributed by atoms with Crippen molar-refractivity contribution in [1.82, 2.24) is 4.98 Å². The number of rotatable bonds is 2. The van der Waals surface area contributed by atoms with Gasteiger partial charge in [-0.2, -0.15) is 13.2 Å². The molecule has 0 saturated carbocycles. The van der Waals surface area contributed by atoms with Gasteiger partial charge in [0.1, 0.15) is 11.5 Å². The minimum Gasteiger partial charge on any atom is -0.478 e. The van der Waals surface area contributed by atoms with Gasteiger partial charge in [0.25, 0.3) is 0 Å². The van der Waals surface area contributed by atoms with Crippen molar-refractivity contribution < 1.29 is 27.5 Å². The standard InChI is InChI=1S/C13H8F4N2O2/c14-9-4-7(18)3-8(12(20)21)11(9)6-1-2-10(19-5-6)13(15,16)17/h1-5H,18H2,(H,20,21).